The molecule has 3 heterocycles. The minimum atomic E-state index is -2.89. The van der Waals surface area contributed by atoms with Crippen molar-refractivity contribution in [3.8, 4) is 39.6 Å². The van der Waals surface area contributed by atoms with Gasteiger partial charge < -0.3 is 9.47 Å². The van der Waals surface area contributed by atoms with E-state index >= 15 is 0 Å². The number of hydrogen-bond acceptors (Lipinski definition) is 3. The second kappa shape index (κ2) is 15.6. The highest BCUT2D eigenvalue weighted by Gasteiger charge is 2.51. The van der Waals surface area contributed by atoms with E-state index in [4.69, 9.17) is 14.5 Å². The Kier molecular flexibility index (Phi) is 9.32. The molecule has 0 saturated heterocycles. The molecule has 1 aliphatic carbocycles. The summed E-state index contributed by atoms with van der Waals surface area (Å²) in [6.07, 6.45) is 5.48. The Labute approximate surface area is 376 Å². The van der Waals surface area contributed by atoms with Gasteiger partial charge in [0.2, 0.25) is 0 Å². The Bertz CT molecular complexity index is 3160. The smallest absolute Gasteiger partial charge is 0.188 e. The van der Waals surface area contributed by atoms with Gasteiger partial charge in [0, 0.05) is 5.56 Å². The van der Waals surface area contributed by atoms with E-state index in [-0.39, 0.29) is 5.92 Å². The molecule has 8 aromatic carbocycles. The van der Waals surface area contributed by atoms with Crippen LogP contribution >= 0.6 is 0 Å². The van der Waals surface area contributed by atoms with Gasteiger partial charge in [-0.15, -0.1) is 0 Å². The van der Waals surface area contributed by atoms with Crippen LogP contribution in [0.3, 0.4) is 0 Å². The van der Waals surface area contributed by atoms with E-state index < -0.39 is 16.1 Å². The molecule has 9 aromatic rings. The van der Waals surface area contributed by atoms with Crippen molar-refractivity contribution < 1.29 is 9.47 Å². The molecule has 0 spiro atoms. The molecule has 0 fully saturated rings. The van der Waals surface area contributed by atoms with E-state index in [9.17, 15) is 0 Å². The molecule has 3 aliphatic rings. The molecular formula is C59H43NO2Si2. The molecule has 2 aliphatic heterocycles. The molecule has 0 bridgehead atoms. The number of para-hydroxylation sites is 3. The average molecular weight is 854 g/mol. The highest BCUT2D eigenvalue weighted by atomic mass is 28.3. The first-order chi connectivity index (χ1) is 31.7. The molecule has 1 unspecified atom stereocenters. The summed E-state index contributed by atoms with van der Waals surface area (Å²) in [7, 11) is -5.74. The van der Waals surface area contributed by atoms with Crippen molar-refractivity contribution in [2.24, 2.45) is 0 Å². The third kappa shape index (κ3) is 5.89. The topological polar surface area (TPSA) is 31.4 Å². The lowest BCUT2D eigenvalue weighted by Gasteiger charge is -2.43. The zero-order chi connectivity index (χ0) is 42.5. The Morgan fingerprint density at radius 3 is 1.50 bits per heavy atom. The summed E-state index contributed by atoms with van der Waals surface area (Å²) in [6.45, 7) is 0. The summed E-state index contributed by atoms with van der Waals surface area (Å²) in [5.41, 5.74) is 5.06. The number of hydrogen-bond donors (Lipinski definition) is 0. The van der Waals surface area contributed by atoms with E-state index in [1.807, 2.05) is 0 Å². The molecular weight excluding hydrogens is 811 g/mol. The SMILES string of the molecule is C1=CC2=C(Oc3ccccc3[Si]2(c2ccccc2)c2ccccc2)C(c2cc(-c3ccccc3)cc(-c3cccc4c3Oc3ccccc3[Si]4(c3ccccc3)c3ccccc3)n2)C1. The van der Waals surface area contributed by atoms with Crippen molar-refractivity contribution in [1.29, 1.82) is 0 Å². The minimum absolute atomic E-state index is 0.140. The fraction of sp³-hybridized carbons (Fsp3) is 0.0339. The molecule has 0 radical (unpaired) electrons. The molecule has 3 nitrogen and oxygen atoms in total. The monoisotopic (exact) mass is 853 g/mol. The lowest BCUT2D eigenvalue weighted by molar-refractivity contribution is 0.376. The highest BCUT2D eigenvalue weighted by Crippen LogP contribution is 2.44. The van der Waals surface area contributed by atoms with Gasteiger partial charge in [-0.2, -0.15) is 0 Å². The number of rotatable bonds is 7. The summed E-state index contributed by atoms with van der Waals surface area (Å²) in [5, 5.41) is 10.3. The number of nitrogens with zero attached hydrogens (tertiary/aromatic N) is 1. The van der Waals surface area contributed by atoms with Gasteiger partial charge in [-0.3, -0.25) is 4.98 Å². The number of fused-ring (bicyclic) bond motifs is 3. The van der Waals surface area contributed by atoms with Gasteiger partial charge in [-0.05, 0) is 89.4 Å². The quantitative estimate of drug-likeness (QED) is 0.150. The number of ether oxygens (including phenoxy) is 2. The first-order valence-corrected chi connectivity index (χ1v) is 26.1. The van der Waals surface area contributed by atoms with E-state index in [0.717, 1.165) is 57.5 Å². The normalized spacial score (nSPS) is 16.3. The third-order valence-corrected chi connectivity index (χ3v) is 23.2. The van der Waals surface area contributed by atoms with Crippen LogP contribution in [-0.4, -0.2) is 21.1 Å². The van der Waals surface area contributed by atoms with Crippen molar-refractivity contribution >= 4 is 52.5 Å². The molecule has 0 saturated carbocycles. The summed E-state index contributed by atoms with van der Waals surface area (Å²) < 4.78 is 14.4. The molecule has 0 N–H and O–H groups in total. The van der Waals surface area contributed by atoms with Crippen LogP contribution in [0.5, 0.6) is 17.2 Å². The molecule has 1 atom stereocenters. The highest BCUT2D eigenvalue weighted by molar-refractivity contribution is 7.21. The zero-order valence-corrected chi connectivity index (χ0v) is 37.1. The van der Waals surface area contributed by atoms with Gasteiger partial charge in [-0.25, -0.2) is 0 Å². The van der Waals surface area contributed by atoms with Crippen molar-refractivity contribution in [3.63, 3.8) is 0 Å². The van der Waals surface area contributed by atoms with Crippen LogP contribution in [0.4, 0.5) is 0 Å². The number of pyridine rings is 1. The molecule has 0 amide bonds. The van der Waals surface area contributed by atoms with Crippen molar-refractivity contribution in [2.45, 2.75) is 12.3 Å². The number of allylic oxidation sites excluding steroid dienone is 4. The molecule has 12 rings (SSSR count). The maximum Gasteiger partial charge on any atom is 0.188 e. The molecule has 64 heavy (non-hydrogen) atoms. The van der Waals surface area contributed by atoms with E-state index in [1.54, 1.807) is 0 Å². The fourth-order valence-electron chi connectivity index (χ4n) is 10.8. The van der Waals surface area contributed by atoms with Gasteiger partial charge >= 0.3 is 0 Å². The lowest BCUT2D eigenvalue weighted by Crippen LogP contribution is -2.76. The predicted octanol–water partition coefficient (Wildman–Crippen LogP) is 9.30. The number of benzene rings is 8. The van der Waals surface area contributed by atoms with Crippen LogP contribution in [0.15, 0.2) is 254 Å². The molecule has 304 valence electrons. The maximum atomic E-state index is 7.25. The average Bonchev–Trinajstić information content (AvgIpc) is 3.38. The Balaban J connectivity index is 1.11. The second-order valence-electron chi connectivity index (χ2n) is 16.8. The maximum absolute atomic E-state index is 7.25. The Hall–Kier alpha value is -7.58. The van der Waals surface area contributed by atoms with Crippen molar-refractivity contribution in [3.05, 3.63) is 259 Å². The lowest BCUT2D eigenvalue weighted by atomic mass is 9.91. The van der Waals surface area contributed by atoms with Gasteiger partial charge in [0.1, 0.15) is 23.0 Å². The van der Waals surface area contributed by atoms with E-state index in [1.165, 1.54) is 41.5 Å². The van der Waals surface area contributed by atoms with Crippen LogP contribution in [0.25, 0.3) is 22.4 Å². The predicted molar refractivity (Wildman–Crippen MR) is 267 cm³/mol. The van der Waals surface area contributed by atoms with Gasteiger partial charge in [0.05, 0.1) is 17.3 Å². The first kappa shape index (κ1) is 38.1. The first-order valence-electron chi connectivity index (χ1n) is 22.1. The molecule has 5 heteroatoms. The number of aromatic nitrogens is 1. The van der Waals surface area contributed by atoms with Gasteiger partial charge in [0.15, 0.2) is 16.1 Å². The van der Waals surface area contributed by atoms with Crippen molar-refractivity contribution in [1.82, 2.24) is 4.98 Å². The van der Waals surface area contributed by atoms with Crippen LogP contribution < -0.4 is 45.8 Å². The Morgan fingerprint density at radius 1 is 0.422 bits per heavy atom. The molecule has 1 aromatic heterocycles. The van der Waals surface area contributed by atoms with Crippen molar-refractivity contribution in [2.75, 3.05) is 0 Å². The second-order valence-corrected chi connectivity index (χ2v) is 24.3. The van der Waals surface area contributed by atoms with Crippen LogP contribution in [0.2, 0.25) is 0 Å². The fourth-order valence-corrected chi connectivity index (χ4v) is 20.8. The van der Waals surface area contributed by atoms with E-state index in [2.05, 4.69) is 243 Å². The third-order valence-electron chi connectivity index (χ3n) is 13.5. The largest absolute Gasteiger partial charge is 0.461 e. The summed E-state index contributed by atoms with van der Waals surface area (Å²) in [6, 6.07) is 83.7. The van der Waals surface area contributed by atoms with Crippen LogP contribution in [0.1, 0.15) is 18.0 Å². The Morgan fingerprint density at radius 2 is 0.906 bits per heavy atom. The van der Waals surface area contributed by atoms with Gasteiger partial charge in [-0.1, -0.05) is 212 Å². The van der Waals surface area contributed by atoms with E-state index in [0.29, 0.717) is 0 Å². The van der Waals surface area contributed by atoms with Gasteiger partial charge in [0.25, 0.3) is 0 Å². The standard InChI is InChI=1S/C59H43NO2Si2/c1-6-22-42(23-7-1)43-40-50(48-32-20-38-56-58(48)61-52-34-16-18-36-54(52)63(56,44-24-8-2-9-25-44)45-26-10-3-11-27-45)60-51(41-43)49-33-21-39-57-59(49)62-53-35-17-19-37-55(53)64(57,46-28-12-4-13-29-46)47-30-14-5-15-31-47/h1-32,34-41,49H,33H2. The zero-order valence-electron chi connectivity index (χ0n) is 35.1. The van der Waals surface area contributed by atoms with Crippen LogP contribution in [0, 0.1) is 0 Å². The minimum Gasteiger partial charge on any atom is -0.461 e. The summed E-state index contributed by atoms with van der Waals surface area (Å²) >= 11 is 0. The van der Waals surface area contributed by atoms with Crippen LogP contribution in [-0.2, 0) is 0 Å². The summed E-state index contributed by atoms with van der Waals surface area (Å²) in [4.78, 5) is 5.75. The summed E-state index contributed by atoms with van der Waals surface area (Å²) in [5.74, 6) is 3.54.